The third-order valence-corrected chi connectivity index (χ3v) is 4.05. The minimum Gasteiger partial charge on any atom is -0.394 e. The molecule has 0 amide bonds. The van der Waals surface area contributed by atoms with Crippen LogP contribution in [0, 0.1) is 17.8 Å². The zero-order valence-corrected chi connectivity index (χ0v) is 11.3. The van der Waals surface area contributed by atoms with E-state index in [4.69, 9.17) is 14.6 Å². The van der Waals surface area contributed by atoms with E-state index in [1.54, 1.807) is 0 Å². The number of rotatable bonds is 5. The maximum atomic E-state index is 9.29. The van der Waals surface area contributed by atoms with Gasteiger partial charge in [0, 0.05) is 5.92 Å². The Kier molecular flexibility index (Phi) is 5.86. The summed E-state index contributed by atoms with van der Waals surface area (Å²) in [6, 6.07) is 0. The van der Waals surface area contributed by atoms with Crippen LogP contribution in [0.1, 0.15) is 34.1 Å². The Bertz CT molecular complexity index is 219. The highest BCUT2D eigenvalue weighted by molar-refractivity contribution is 4.82. The van der Waals surface area contributed by atoms with Crippen molar-refractivity contribution in [1.82, 2.24) is 0 Å². The maximum Gasteiger partial charge on any atom is 0.160 e. The summed E-state index contributed by atoms with van der Waals surface area (Å²) >= 11 is 0. The average Bonchev–Trinajstić information content (AvgIpc) is 2.34. The van der Waals surface area contributed by atoms with Crippen molar-refractivity contribution in [1.29, 1.82) is 0 Å². The number of ether oxygens (including phenoxy) is 2. The van der Waals surface area contributed by atoms with Gasteiger partial charge < -0.3 is 19.7 Å². The van der Waals surface area contributed by atoms with Gasteiger partial charge in [-0.15, -0.1) is 0 Å². The van der Waals surface area contributed by atoms with Crippen molar-refractivity contribution < 1.29 is 19.7 Å². The van der Waals surface area contributed by atoms with Gasteiger partial charge in [-0.3, -0.25) is 0 Å². The summed E-state index contributed by atoms with van der Waals surface area (Å²) in [5.74, 6) is 1.36. The molecule has 0 saturated carbocycles. The van der Waals surface area contributed by atoms with Crippen molar-refractivity contribution >= 4 is 0 Å². The molecule has 1 rings (SSSR count). The molecule has 0 aromatic heterocycles. The lowest BCUT2D eigenvalue weighted by Crippen LogP contribution is -2.46. The third-order valence-electron chi connectivity index (χ3n) is 4.05. The monoisotopic (exact) mass is 246 g/mol. The Morgan fingerprint density at radius 1 is 1.18 bits per heavy atom. The quantitative estimate of drug-likeness (QED) is 0.770. The molecular weight excluding hydrogens is 220 g/mol. The molecule has 0 aliphatic carbocycles. The van der Waals surface area contributed by atoms with Gasteiger partial charge in [0.15, 0.2) is 6.29 Å². The SMILES string of the molecule is CCC1O[C@@H](OCC(O)CO)C(C)[C@@H](C)[C@H]1C. The fourth-order valence-corrected chi connectivity index (χ4v) is 2.40. The Hall–Kier alpha value is -0.160. The van der Waals surface area contributed by atoms with Crippen LogP contribution in [0.25, 0.3) is 0 Å². The van der Waals surface area contributed by atoms with Crippen LogP contribution >= 0.6 is 0 Å². The van der Waals surface area contributed by atoms with Crippen molar-refractivity contribution in [2.24, 2.45) is 17.8 Å². The second-order valence-corrected chi connectivity index (χ2v) is 5.20. The van der Waals surface area contributed by atoms with Gasteiger partial charge >= 0.3 is 0 Å². The average molecular weight is 246 g/mol. The number of aliphatic hydroxyl groups excluding tert-OH is 2. The van der Waals surface area contributed by atoms with Gasteiger partial charge in [-0.05, 0) is 18.3 Å². The molecule has 2 N–H and O–H groups in total. The van der Waals surface area contributed by atoms with E-state index in [2.05, 4.69) is 27.7 Å². The van der Waals surface area contributed by atoms with Gasteiger partial charge in [0.2, 0.25) is 0 Å². The third kappa shape index (κ3) is 3.65. The molecule has 0 spiro atoms. The Morgan fingerprint density at radius 2 is 1.82 bits per heavy atom. The van der Waals surface area contributed by atoms with E-state index < -0.39 is 6.10 Å². The molecule has 4 heteroatoms. The minimum absolute atomic E-state index is 0.128. The highest BCUT2D eigenvalue weighted by Gasteiger charge is 2.38. The summed E-state index contributed by atoms with van der Waals surface area (Å²) in [5, 5.41) is 18.0. The molecule has 1 aliphatic rings. The number of hydrogen-bond donors (Lipinski definition) is 2. The van der Waals surface area contributed by atoms with Crippen molar-refractivity contribution in [3.8, 4) is 0 Å². The summed E-state index contributed by atoms with van der Waals surface area (Å²) in [7, 11) is 0. The first-order chi connectivity index (χ1) is 8.01. The van der Waals surface area contributed by atoms with Crippen LogP contribution in [-0.2, 0) is 9.47 Å². The van der Waals surface area contributed by atoms with E-state index >= 15 is 0 Å². The fraction of sp³-hybridized carbons (Fsp3) is 1.00. The van der Waals surface area contributed by atoms with Crippen molar-refractivity contribution in [3.05, 3.63) is 0 Å². The van der Waals surface area contributed by atoms with Gasteiger partial charge in [0.1, 0.15) is 6.10 Å². The van der Waals surface area contributed by atoms with Crippen LogP contribution < -0.4 is 0 Å². The van der Waals surface area contributed by atoms with Crippen LogP contribution in [0.5, 0.6) is 0 Å². The minimum atomic E-state index is -0.819. The molecule has 0 radical (unpaired) electrons. The highest BCUT2D eigenvalue weighted by Crippen LogP contribution is 2.36. The lowest BCUT2D eigenvalue weighted by molar-refractivity contribution is -0.255. The maximum absolute atomic E-state index is 9.29. The Balaban J connectivity index is 2.53. The predicted octanol–water partition coefficient (Wildman–Crippen LogP) is 1.40. The summed E-state index contributed by atoms with van der Waals surface area (Å²) < 4.78 is 11.5. The molecule has 102 valence electrons. The summed E-state index contributed by atoms with van der Waals surface area (Å²) in [5.41, 5.74) is 0. The summed E-state index contributed by atoms with van der Waals surface area (Å²) in [4.78, 5) is 0. The predicted molar refractivity (Wildman–Crippen MR) is 65.5 cm³/mol. The van der Waals surface area contributed by atoms with Crippen molar-refractivity contribution in [3.63, 3.8) is 0 Å². The molecular formula is C13H26O4. The normalized spacial score (nSPS) is 40.2. The first-order valence-electron chi connectivity index (χ1n) is 6.57. The molecule has 6 atom stereocenters. The second-order valence-electron chi connectivity index (χ2n) is 5.20. The number of hydrogen-bond acceptors (Lipinski definition) is 4. The standard InChI is InChI=1S/C13H26O4/c1-5-12-9(3)8(2)10(4)13(17-12)16-7-11(15)6-14/h8-15H,5-7H2,1-4H3/t8-,9+,10?,11?,12?,13+/m0/s1. The Morgan fingerprint density at radius 3 is 2.35 bits per heavy atom. The van der Waals surface area contributed by atoms with Crippen LogP contribution in [0.2, 0.25) is 0 Å². The molecule has 0 bridgehead atoms. The van der Waals surface area contributed by atoms with Gasteiger partial charge in [-0.25, -0.2) is 0 Å². The fourth-order valence-electron chi connectivity index (χ4n) is 2.40. The smallest absolute Gasteiger partial charge is 0.160 e. The molecule has 17 heavy (non-hydrogen) atoms. The Labute approximate surface area is 104 Å². The topological polar surface area (TPSA) is 58.9 Å². The molecule has 1 heterocycles. The van der Waals surface area contributed by atoms with Crippen LogP contribution in [0.4, 0.5) is 0 Å². The van der Waals surface area contributed by atoms with Gasteiger partial charge in [-0.1, -0.05) is 27.7 Å². The summed E-state index contributed by atoms with van der Waals surface area (Å²) in [6.45, 7) is 8.52. The summed E-state index contributed by atoms with van der Waals surface area (Å²) in [6.07, 6.45) is 0.103. The zero-order valence-electron chi connectivity index (χ0n) is 11.3. The van der Waals surface area contributed by atoms with E-state index in [0.717, 1.165) is 6.42 Å². The highest BCUT2D eigenvalue weighted by atomic mass is 16.7. The van der Waals surface area contributed by atoms with Crippen molar-refractivity contribution in [2.75, 3.05) is 13.2 Å². The van der Waals surface area contributed by atoms with Gasteiger partial charge in [0.25, 0.3) is 0 Å². The molecule has 0 aromatic rings. The van der Waals surface area contributed by atoms with Gasteiger partial charge in [0.05, 0.1) is 19.3 Å². The molecule has 4 nitrogen and oxygen atoms in total. The van der Waals surface area contributed by atoms with E-state index in [0.29, 0.717) is 17.8 Å². The van der Waals surface area contributed by atoms with Gasteiger partial charge in [-0.2, -0.15) is 0 Å². The number of aliphatic hydroxyl groups is 2. The van der Waals surface area contributed by atoms with Crippen LogP contribution in [0.3, 0.4) is 0 Å². The van der Waals surface area contributed by atoms with E-state index in [9.17, 15) is 5.11 Å². The lowest BCUT2D eigenvalue weighted by Gasteiger charge is -2.43. The first-order valence-corrected chi connectivity index (χ1v) is 6.57. The largest absolute Gasteiger partial charge is 0.394 e. The molecule has 0 aromatic carbocycles. The molecule has 1 aliphatic heterocycles. The van der Waals surface area contributed by atoms with Crippen LogP contribution in [-0.4, -0.2) is 41.9 Å². The first kappa shape index (κ1) is 14.9. The molecule has 1 fully saturated rings. The molecule has 3 unspecified atom stereocenters. The van der Waals surface area contributed by atoms with E-state index in [-0.39, 0.29) is 25.6 Å². The van der Waals surface area contributed by atoms with E-state index in [1.807, 2.05) is 0 Å². The van der Waals surface area contributed by atoms with Crippen LogP contribution in [0.15, 0.2) is 0 Å². The van der Waals surface area contributed by atoms with Crippen molar-refractivity contribution in [2.45, 2.75) is 52.6 Å². The lowest BCUT2D eigenvalue weighted by atomic mass is 9.78. The zero-order chi connectivity index (χ0) is 13.0. The molecule has 1 saturated heterocycles. The van der Waals surface area contributed by atoms with E-state index in [1.165, 1.54) is 0 Å². The second kappa shape index (κ2) is 6.69.